The second-order valence-corrected chi connectivity index (χ2v) is 7.01. The number of nitrogens with zero attached hydrogens (tertiary/aromatic N) is 3. The summed E-state index contributed by atoms with van der Waals surface area (Å²) in [6.07, 6.45) is 5.17. The monoisotopic (exact) mass is 358 g/mol. The molecule has 0 aliphatic carbocycles. The molecule has 3 rings (SSSR count). The fourth-order valence-corrected chi connectivity index (χ4v) is 4.05. The van der Waals surface area contributed by atoms with Crippen LogP contribution in [0.5, 0.6) is 0 Å². The van der Waals surface area contributed by atoms with Crippen molar-refractivity contribution in [3.63, 3.8) is 0 Å². The smallest absolute Gasteiger partial charge is 0.143 e. The van der Waals surface area contributed by atoms with Crippen molar-refractivity contribution in [1.29, 1.82) is 0 Å². The molecule has 1 unspecified atom stereocenters. The van der Waals surface area contributed by atoms with Gasteiger partial charge in [0.25, 0.3) is 0 Å². The van der Waals surface area contributed by atoms with E-state index in [1.54, 1.807) is 6.20 Å². The van der Waals surface area contributed by atoms with Crippen molar-refractivity contribution in [2.45, 2.75) is 31.3 Å². The van der Waals surface area contributed by atoms with E-state index >= 15 is 0 Å². The summed E-state index contributed by atoms with van der Waals surface area (Å²) in [7, 11) is 0. The molecule has 0 saturated carbocycles. The number of likely N-dealkylation sites (tertiary alicyclic amines) is 1. The predicted octanol–water partition coefficient (Wildman–Crippen LogP) is 2.50. The first-order valence-corrected chi connectivity index (χ1v) is 8.36. The number of pyridine rings is 1. The van der Waals surface area contributed by atoms with E-state index in [4.69, 9.17) is 17.3 Å². The van der Waals surface area contributed by atoms with Crippen molar-refractivity contribution >= 4 is 33.3 Å². The maximum atomic E-state index is 5.98. The maximum Gasteiger partial charge on any atom is 0.143 e. The fraction of sp³-hybridized carbons (Fsp3) is 0.643. The molecule has 2 fully saturated rings. The third-order valence-electron chi connectivity index (χ3n) is 4.34. The van der Waals surface area contributed by atoms with Crippen molar-refractivity contribution in [3.05, 3.63) is 21.8 Å². The Balaban J connectivity index is 1.64. The van der Waals surface area contributed by atoms with Gasteiger partial charge >= 0.3 is 0 Å². The lowest BCUT2D eigenvalue weighted by molar-refractivity contribution is 0.163. The number of rotatable bonds is 2. The van der Waals surface area contributed by atoms with Gasteiger partial charge in [0, 0.05) is 31.4 Å². The summed E-state index contributed by atoms with van der Waals surface area (Å²) < 4.78 is 0.978. The van der Waals surface area contributed by atoms with Crippen LogP contribution in [0.25, 0.3) is 0 Å². The van der Waals surface area contributed by atoms with Crippen LogP contribution in [0.1, 0.15) is 19.3 Å². The van der Waals surface area contributed by atoms with Gasteiger partial charge in [-0.3, -0.25) is 4.90 Å². The van der Waals surface area contributed by atoms with Crippen LogP contribution in [-0.2, 0) is 0 Å². The maximum absolute atomic E-state index is 5.98. The van der Waals surface area contributed by atoms with E-state index in [0.29, 0.717) is 17.1 Å². The molecule has 110 valence electrons. The number of anilines is 1. The molecule has 0 spiro atoms. The molecule has 2 N–H and O–H groups in total. The molecule has 4 nitrogen and oxygen atoms in total. The second-order valence-electron chi connectivity index (χ2n) is 5.72. The quantitative estimate of drug-likeness (QED) is 0.881. The van der Waals surface area contributed by atoms with Crippen LogP contribution in [-0.4, -0.2) is 48.1 Å². The number of piperidine rings is 1. The second kappa shape index (κ2) is 6.18. The van der Waals surface area contributed by atoms with Crippen molar-refractivity contribution in [2.24, 2.45) is 5.73 Å². The van der Waals surface area contributed by atoms with E-state index in [9.17, 15) is 0 Å². The van der Waals surface area contributed by atoms with E-state index in [-0.39, 0.29) is 0 Å². The van der Waals surface area contributed by atoms with E-state index in [1.165, 1.54) is 6.42 Å². The molecule has 1 aromatic rings. The highest BCUT2D eigenvalue weighted by Crippen LogP contribution is 2.30. The molecule has 2 saturated heterocycles. The van der Waals surface area contributed by atoms with Crippen molar-refractivity contribution in [1.82, 2.24) is 9.88 Å². The lowest BCUT2D eigenvalue weighted by Crippen LogP contribution is -2.46. The van der Waals surface area contributed by atoms with Crippen LogP contribution in [0, 0.1) is 0 Å². The Morgan fingerprint density at radius 3 is 2.70 bits per heavy atom. The zero-order valence-corrected chi connectivity index (χ0v) is 13.8. The summed E-state index contributed by atoms with van der Waals surface area (Å²) in [5, 5.41) is 0.668. The van der Waals surface area contributed by atoms with Gasteiger partial charge < -0.3 is 10.6 Å². The SMILES string of the molecule is NC1CCN(C2CCN(c3ncc(Cl)cc3Br)C2)CC1. The first kappa shape index (κ1) is 14.6. The van der Waals surface area contributed by atoms with Gasteiger partial charge in [0.05, 0.1) is 9.50 Å². The van der Waals surface area contributed by atoms with Crippen molar-refractivity contribution in [2.75, 3.05) is 31.1 Å². The summed E-state index contributed by atoms with van der Waals surface area (Å²) in [5.74, 6) is 1.01. The minimum absolute atomic E-state index is 0.399. The highest BCUT2D eigenvalue weighted by Gasteiger charge is 2.31. The van der Waals surface area contributed by atoms with Gasteiger partial charge in [-0.2, -0.15) is 0 Å². The van der Waals surface area contributed by atoms with E-state index < -0.39 is 0 Å². The summed E-state index contributed by atoms with van der Waals surface area (Å²) in [4.78, 5) is 9.40. The highest BCUT2D eigenvalue weighted by molar-refractivity contribution is 9.10. The highest BCUT2D eigenvalue weighted by atomic mass is 79.9. The average Bonchev–Trinajstić information content (AvgIpc) is 2.89. The topological polar surface area (TPSA) is 45.4 Å². The van der Waals surface area contributed by atoms with Crippen LogP contribution in [0.3, 0.4) is 0 Å². The number of hydrogen-bond acceptors (Lipinski definition) is 4. The van der Waals surface area contributed by atoms with Crippen LogP contribution in [0.2, 0.25) is 5.02 Å². The number of nitrogens with two attached hydrogens (primary N) is 1. The van der Waals surface area contributed by atoms with Crippen molar-refractivity contribution < 1.29 is 0 Å². The molecular weight excluding hydrogens is 340 g/mol. The van der Waals surface area contributed by atoms with Crippen LogP contribution in [0.15, 0.2) is 16.7 Å². The molecule has 20 heavy (non-hydrogen) atoms. The minimum atomic E-state index is 0.399. The third kappa shape index (κ3) is 3.11. The van der Waals surface area contributed by atoms with Gasteiger partial charge in [-0.25, -0.2) is 4.98 Å². The van der Waals surface area contributed by atoms with Gasteiger partial charge in [-0.05, 0) is 54.3 Å². The molecular formula is C14H20BrClN4. The Morgan fingerprint density at radius 1 is 1.25 bits per heavy atom. The van der Waals surface area contributed by atoms with Crippen LogP contribution >= 0.6 is 27.5 Å². The van der Waals surface area contributed by atoms with E-state index in [2.05, 4.69) is 30.7 Å². The molecule has 2 aliphatic heterocycles. The largest absolute Gasteiger partial charge is 0.354 e. The third-order valence-corrected chi connectivity index (χ3v) is 5.13. The first-order chi connectivity index (χ1) is 9.63. The Bertz CT molecular complexity index is 476. The Kier molecular flexibility index (Phi) is 4.50. The Morgan fingerprint density at radius 2 is 2.00 bits per heavy atom. The molecule has 2 aliphatic rings. The van der Waals surface area contributed by atoms with Gasteiger partial charge in [-0.15, -0.1) is 0 Å². The first-order valence-electron chi connectivity index (χ1n) is 7.19. The molecule has 0 aromatic carbocycles. The molecule has 0 bridgehead atoms. The summed E-state index contributed by atoms with van der Waals surface area (Å²) in [6.45, 7) is 4.37. The lowest BCUT2D eigenvalue weighted by Gasteiger charge is -2.34. The Labute approximate surface area is 133 Å². The fourth-order valence-electron chi connectivity index (χ4n) is 3.16. The molecule has 0 amide bonds. The zero-order chi connectivity index (χ0) is 14.1. The average molecular weight is 360 g/mol. The number of halogens is 2. The van der Waals surface area contributed by atoms with Gasteiger partial charge in [-0.1, -0.05) is 11.6 Å². The number of hydrogen-bond donors (Lipinski definition) is 1. The normalized spacial score (nSPS) is 25.4. The molecule has 0 radical (unpaired) electrons. The molecule has 1 atom stereocenters. The van der Waals surface area contributed by atoms with Gasteiger partial charge in [0.1, 0.15) is 5.82 Å². The number of aromatic nitrogens is 1. The Hall–Kier alpha value is -0.360. The lowest BCUT2D eigenvalue weighted by atomic mass is 10.0. The summed E-state index contributed by atoms with van der Waals surface area (Å²) in [5.41, 5.74) is 5.98. The van der Waals surface area contributed by atoms with E-state index in [1.807, 2.05) is 6.07 Å². The standard InChI is InChI=1S/C14H20BrClN4/c15-13-7-10(16)8-18-14(13)20-6-3-12(9-20)19-4-1-11(17)2-5-19/h7-8,11-12H,1-6,9,17H2. The van der Waals surface area contributed by atoms with Crippen molar-refractivity contribution in [3.8, 4) is 0 Å². The molecule has 3 heterocycles. The predicted molar refractivity (Wildman–Crippen MR) is 86.3 cm³/mol. The summed E-state index contributed by atoms with van der Waals surface area (Å²) in [6, 6.07) is 2.94. The molecule has 6 heteroatoms. The molecule has 1 aromatic heterocycles. The van der Waals surface area contributed by atoms with Gasteiger partial charge in [0.15, 0.2) is 0 Å². The van der Waals surface area contributed by atoms with Gasteiger partial charge in [0.2, 0.25) is 0 Å². The van der Waals surface area contributed by atoms with E-state index in [0.717, 1.165) is 49.3 Å². The van der Waals surface area contributed by atoms with Crippen LogP contribution < -0.4 is 10.6 Å². The zero-order valence-electron chi connectivity index (χ0n) is 11.4. The van der Waals surface area contributed by atoms with Crippen LogP contribution in [0.4, 0.5) is 5.82 Å². The minimum Gasteiger partial charge on any atom is -0.354 e. The summed E-state index contributed by atoms with van der Waals surface area (Å²) >= 11 is 9.52.